The van der Waals surface area contributed by atoms with Crippen LogP contribution < -0.4 is 0 Å². The van der Waals surface area contributed by atoms with Crippen molar-refractivity contribution in [1.29, 1.82) is 0 Å². The number of hydrogen-bond donors (Lipinski definition) is 0. The smallest absolute Gasteiger partial charge is 0.147 e. The molecule has 2 rings (SSSR count). The van der Waals surface area contributed by atoms with E-state index < -0.39 is 11.6 Å². The van der Waals surface area contributed by atoms with Crippen LogP contribution in [0.5, 0.6) is 0 Å². The van der Waals surface area contributed by atoms with Crippen LogP contribution in [0.1, 0.15) is 5.76 Å². The van der Waals surface area contributed by atoms with E-state index in [0.29, 0.717) is 11.1 Å². The monoisotopic (exact) mass is 307 g/mol. The largest absolute Gasteiger partial charge is 0.360 e. The molecule has 0 aliphatic rings. The fraction of sp³-hybridized carbons (Fsp3) is 0.100. The maximum Gasteiger partial charge on any atom is 0.147 e. The fourth-order valence-electron chi connectivity index (χ4n) is 1.28. The third kappa shape index (κ3) is 2.10. The highest BCUT2D eigenvalue weighted by molar-refractivity contribution is 9.08. The van der Waals surface area contributed by atoms with E-state index in [-0.39, 0.29) is 16.3 Å². The Morgan fingerprint density at radius 2 is 1.88 bits per heavy atom. The van der Waals surface area contributed by atoms with Crippen LogP contribution in [0.25, 0.3) is 11.3 Å². The van der Waals surface area contributed by atoms with Crippen molar-refractivity contribution in [3.8, 4) is 11.3 Å². The van der Waals surface area contributed by atoms with Crippen LogP contribution in [-0.2, 0) is 5.33 Å². The first-order valence-electron chi connectivity index (χ1n) is 4.28. The topological polar surface area (TPSA) is 26.0 Å². The van der Waals surface area contributed by atoms with Gasteiger partial charge >= 0.3 is 0 Å². The van der Waals surface area contributed by atoms with Gasteiger partial charge in [-0.2, -0.15) is 0 Å². The Balaban J connectivity index is 2.55. The van der Waals surface area contributed by atoms with E-state index in [2.05, 4.69) is 21.1 Å². The summed E-state index contributed by atoms with van der Waals surface area (Å²) in [6, 6.07) is 3.52. The van der Waals surface area contributed by atoms with Crippen molar-refractivity contribution < 1.29 is 13.3 Å². The zero-order valence-electron chi connectivity index (χ0n) is 7.81. The van der Waals surface area contributed by atoms with Gasteiger partial charge in [-0.3, -0.25) is 0 Å². The average molecular weight is 309 g/mol. The minimum Gasteiger partial charge on any atom is -0.360 e. The van der Waals surface area contributed by atoms with Crippen LogP contribution in [0.15, 0.2) is 22.7 Å². The summed E-state index contributed by atoms with van der Waals surface area (Å²) in [5, 5.41) is 4.01. The number of rotatable bonds is 2. The zero-order valence-corrected chi connectivity index (χ0v) is 10.1. The average Bonchev–Trinajstić information content (AvgIpc) is 2.64. The molecule has 2 nitrogen and oxygen atoms in total. The summed E-state index contributed by atoms with van der Waals surface area (Å²) in [4.78, 5) is 0. The number of aromatic nitrogens is 1. The molecule has 0 unspecified atom stereocenters. The van der Waals surface area contributed by atoms with Gasteiger partial charge in [-0.25, -0.2) is 8.78 Å². The molecule has 0 atom stereocenters. The molecule has 0 amide bonds. The van der Waals surface area contributed by atoms with Crippen LogP contribution in [0.4, 0.5) is 8.78 Å². The first kappa shape index (κ1) is 11.5. The van der Waals surface area contributed by atoms with E-state index in [9.17, 15) is 8.78 Å². The Morgan fingerprint density at radius 3 is 2.38 bits per heavy atom. The molecule has 1 aromatic heterocycles. The van der Waals surface area contributed by atoms with Gasteiger partial charge in [0.25, 0.3) is 0 Å². The fourth-order valence-corrected chi connectivity index (χ4v) is 1.74. The van der Waals surface area contributed by atoms with E-state index >= 15 is 0 Å². The summed E-state index contributed by atoms with van der Waals surface area (Å²) >= 11 is 8.66. The van der Waals surface area contributed by atoms with E-state index in [4.69, 9.17) is 16.1 Å². The lowest BCUT2D eigenvalue weighted by molar-refractivity contribution is 0.397. The Kier molecular flexibility index (Phi) is 3.25. The van der Waals surface area contributed by atoms with Crippen molar-refractivity contribution in [2.24, 2.45) is 0 Å². The molecule has 0 aliphatic carbocycles. The molecular formula is C10H5BrClF2NO. The van der Waals surface area contributed by atoms with Crippen LogP contribution in [0.3, 0.4) is 0 Å². The van der Waals surface area contributed by atoms with Gasteiger partial charge in [0.05, 0.1) is 10.9 Å². The lowest BCUT2D eigenvalue weighted by atomic mass is 10.1. The van der Waals surface area contributed by atoms with E-state index in [1.165, 1.54) is 6.07 Å². The molecule has 0 N–H and O–H groups in total. The summed E-state index contributed by atoms with van der Waals surface area (Å²) in [5.74, 6) is -1.04. The first-order valence-corrected chi connectivity index (χ1v) is 5.78. The minimum absolute atomic E-state index is 0.00274. The van der Waals surface area contributed by atoms with Crippen molar-refractivity contribution in [2.75, 3.05) is 0 Å². The number of hydrogen-bond acceptors (Lipinski definition) is 2. The van der Waals surface area contributed by atoms with Crippen LogP contribution in [0.2, 0.25) is 5.02 Å². The van der Waals surface area contributed by atoms with Gasteiger partial charge in [0.1, 0.15) is 23.1 Å². The Labute approximate surface area is 103 Å². The third-order valence-electron chi connectivity index (χ3n) is 1.95. The van der Waals surface area contributed by atoms with Gasteiger partial charge in [0.15, 0.2) is 0 Å². The van der Waals surface area contributed by atoms with E-state index in [1.807, 2.05) is 0 Å². The summed E-state index contributed by atoms with van der Waals surface area (Å²) in [6.07, 6.45) is 0. The molecule has 0 saturated heterocycles. The normalized spacial score (nSPS) is 10.8. The lowest BCUT2D eigenvalue weighted by Gasteiger charge is -2.01. The first-order chi connectivity index (χ1) is 7.61. The van der Waals surface area contributed by atoms with Crippen molar-refractivity contribution in [2.45, 2.75) is 5.33 Å². The van der Waals surface area contributed by atoms with Crippen molar-refractivity contribution in [1.82, 2.24) is 5.16 Å². The molecule has 0 bridgehead atoms. The molecule has 0 aliphatic heterocycles. The number of benzene rings is 1. The second kappa shape index (κ2) is 4.51. The van der Waals surface area contributed by atoms with Crippen LogP contribution in [-0.4, -0.2) is 5.16 Å². The molecule has 0 spiro atoms. The molecule has 0 fully saturated rings. The quantitative estimate of drug-likeness (QED) is 0.778. The predicted molar refractivity (Wildman–Crippen MR) is 59.5 cm³/mol. The Hall–Kier alpha value is -0.940. The van der Waals surface area contributed by atoms with Crippen LogP contribution >= 0.6 is 27.5 Å². The van der Waals surface area contributed by atoms with E-state index in [0.717, 1.165) is 12.1 Å². The molecule has 1 heterocycles. The maximum atomic E-state index is 13.5. The number of alkyl halides is 1. The molecule has 2 aromatic rings. The number of halogens is 4. The SMILES string of the molecule is Fc1cc(Cl)cc(F)c1-c1cc(CBr)on1. The van der Waals surface area contributed by atoms with Crippen LogP contribution in [0, 0.1) is 11.6 Å². The van der Waals surface area contributed by atoms with E-state index in [1.54, 1.807) is 0 Å². The summed E-state index contributed by atoms with van der Waals surface area (Å²) in [7, 11) is 0. The summed E-state index contributed by atoms with van der Waals surface area (Å²) in [6.45, 7) is 0. The van der Waals surface area contributed by atoms with Gasteiger partial charge in [-0.15, -0.1) is 0 Å². The minimum atomic E-state index is -0.764. The van der Waals surface area contributed by atoms with Gasteiger partial charge in [-0.05, 0) is 12.1 Å². The van der Waals surface area contributed by atoms with Crippen molar-refractivity contribution in [3.05, 3.63) is 40.6 Å². The second-order valence-corrected chi connectivity index (χ2v) is 4.05. The molecule has 84 valence electrons. The van der Waals surface area contributed by atoms with Gasteiger partial charge in [-0.1, -0.05) is 32.7 Å². The van der Waals surface area contributed by atoms with Gasteiger partial charge in [0, 0.05) is 11.1 Å². The zero-order chi connectivity index (χ0) is 11.7. The number of nitrogens with zero attached hydrogens (tertiary/aromatic N) is 1. The van der Waals surface area contributed by atoms with Crippen molar-refractivity contribution in [3.63, 3.8) is 0 Å². The molecule has 1 aromatic carbocycles. The highest BCUT2D eigenvalue weighted by Gasteiger charge is 2.16. The summed E-state index contributed by atoms with van der Waals surface area (Å²) < 4.78 is 31.8. The molecule has 0 radical (unpaired) electrons. The standard InChI is InChI=1S/C10H5BrClF2NO/c11-4-6-3-9(15-16-6)10-7(13)1-5(12)2-8(10)14/h1-3H,4H2. The predicted octanol–water partition coefficient (Wildman–Crippen LogP) is 4.17. The van der Waals surface area contributed by atoms with Gasteiger partial charge in [0.2, 0.25) is 0 Å². The third-order valence-corrected chi connectivity index (χ3v) is 2.72. The Morgan fingerprint density at radius 1 is 1.25 bits per heavy atom. The second-order valence-electron chi connectivity index (χ2n) is 3.06. The van der Waals surface area contributed by atoms with Gasteiger partial charge < -0.3 is 4.52 Å². The molecular weight excluding hydrogens is 303 g/mol. The molecule has 0 saturated carbocycles. The molecule has 6 heteroatoms. The highest BCUT2D eigenvalue weighted by atomic mass is 79.9. The molecule has 16 heavy (non-hydrogen) atoms. The Bertz CT molecular complexity index is 506. The highest BCUT2D eigenvalue weighted by Crippen LogP contribution is 2.28. The lowest BCUT2D eigenvalue weighted by Crippen LogP contribution is -1.90. The van der Waals surface area contributed by atoms with Crippen molar-refractivity contribution >= 4 is 27.5 Å². The maximum absolute atomic E-state index is 13.5. The summed E-state index contributed by atoms with van der Waals surface area (Å²) in [5.41, 5.74) is -0.124.